The number of rotatable bonds is 2. The molecule has 0 amide bonds. The Labute approximate surface area is 108 Å². The third-order valence-electron chi connectivity index (χ3n) is 3.41. The number of carbonyl (C=O) groups is 1. The third-order valence-corrected chi connectivity index (χ3v) is 3.90. The summed E-state index contributed by atoms with van der Waals surface area (Å²) in [6.07, 6.45) is 0.765. The first-order valence-electron chi connectivity index (χ1n) is 5.69. The van der Waals surface area contributed by atoms with Crippen molar-refractivity contribution in [1.29, 1.82) is 0 Å². The highest BCUT2D eigenvalue weighted by atomic mass is 79.9. The molecule has 4 nitrogen and oxygen atoms in total. The fraction of sp³-hybridized carbons (Fsp3) is 0.417. The number of hydrogen-bond donors (Lipinski definition) is 2. The molecule has 0 spiro atoms. The monoisotopic (exact) mass is 296 g/mol. The number of fused-ring (bicyclic) bond motifs is 1. The van der Waals surface area contributed by atoms with Crippen LogP contribution in [0.1, 0.15) is 6.42 Å². The lowest BCUT2D eigenvalue weighted by Crippen LogP contribution is -2.37. The number of hydrogen-bond acceptors (Lipinski definition) is 3. The Kier molecular flexibility index (Phi) is 2.50. The van der Waals surface area contributed by atoms with E-state index >= 15 is 0 Å². The zero-order valence-electron chi connectivity index (χ0n) is 9.19. The molecule has 1 heterocycles. The second-order valence-electron chi connectivity index (χ2n) is 4.53. The van der Waals surface area contributed by atoms with Gasteiger partial charge in [0, 0.05) is 23.6 Å². The molecule has 5 heteroatoms. The van der Waals surface area contributed by atoms with Gasteiger partial charge in [0.05, 0.1) is 17.3 Å². The molecule has 1 fully saturated rings. The fourth-order valence-electron chi connectivity index (χ4n) is 2.46. The summed E-state index contributed by atoms with van der Waals surface area (Å²) in [4.78, 5) is 13.2. The third kappa shape index (κ3) is 1.88. The molecule has 1 aromatic rings. The van der Waals surface area contributed by atoms with Gasteiger partial charge in [0.25, 0.3) is 0 Å². The minimum absolute atomic E-state index is 0.169. The topological polar surface area (TPSA) is 52.6 Å². The number of halogens is 1. The van der Waals surface area contributed by atoms with Crippen LogP contribution in [0.2, 0.25) is 0 Å². The molecule has 2 N–H and O–H groups in total. The molecule has 1 aliphatic heterocycles. The summed E-state index contributed by atoms with van der Waals surface area (Å²) >= 11 is 3.46. The van der Waals surface area contributed by atoms with Crippen LogP contribution in [0.25, 0.3) is 0 Å². The molecule has 1 aromatic carbocycles. The maximum Gasteiger partial charge on any atom is 0.308 e. The first kappa shape index (κ1) is 10.9. The standard InChI is InChI=1S/C12H13BrN2O2/c13-7-1-2-9-11(5-7)15(4-3-14-9)10-6-8(10)12(16)17/h1-2,5,8,10,14H,3-4,6H2,(H,16,17). The van der Waals surface area contributed by atoms with Crippen LogP contribution in [0, 0.1) is 5.92 Å². The van der Waals surface area contributed by atoms with Gasteiger partial charge in [-0.2, -0.15) is 0 Å². The van der Waals surface area contributed by atoms with Gasteiger partial charge in [0.1, 0.15) is 0 Å². The number of nitrogens with zero attached hydrogens (tertiary/aromatic N) is 1. The van der Waals surface area contributed by atoms with Gasteiger partial charge in [-0.05, 0) is 24.6 Å². The van der Waals surface area contributed by atoms with Crippen molar-refractivity contribution in [3.05, 3.63) is 22.7 Å². The number of carboxylic acids is 1. The van der Waals surface area contributed by atoms with Gasteiger partial charge < -0.3 is 15.3 Å². The van der Waals surface area contributed by atoms with E-state index in [-0.39, 0.29) is 12.0 Å². The van der Waals surface area contributed by atoms with E-state index in [0.29, 0.717) is 0 Å². The molecule has 17 heavy (non-hydrogen) atoms. The minimum atomic E-state index is -0.676. The van der Waals surface area contributed by atoms with Crippen LogP contribution in [0.4, 0.5) is 11.4 Å². The van der Waals surface area contributed by atoms with Gasteiger partial charge in [-0.15, -0.1) is 0 Å². The highest BCUT2D eigenvalue weighted by molar-refractivity contribution is 9.10. The van der Waals surface area contributed by atoms with Crippen molar-refractivity contribution in [2.75, 3.05) is 23.3 Å². The Bertz CT molecular complexity index is 478. The Hall–Kier alpha value is -1.23. The maximum absolute atomic E-state index is 10.9. The number of anilines is 2. The second-order valence-corrected chi connectivity index (χ2v) is 5.45. The molecular weight excluding hydrogens is 284 g/mol. The first-order chi connectivity index (χ1) is 8.16. The van der Waals surface area contributed by atoms with Crippen LogP contribution in [-0.2, 0) is 4.79 Å². The summed E-state index contributed by atoms with van der Waals surface area (Å²) in [5.41, 5.74) is 2.20. The van der Waals surface area contributed by atoms with E-state index in [1.165, 1.54) is 0 Å². The Morgan fingerprint density at radius 3 is 3.06 bits per heavy atom. The van der Waals surface area contributed by atoms with Crippen molar-refractivity contribution in [3.63, 3.8) is 0 Å². The number of aliphatic carboxylic acids is 1. The van der Waals surface area contributed by atoms with E-state index in [0.717, 1.165) is 35.4 Å². The van der Waals surface area contributed by atoms with E-state index in [2.05, 4.69) is 32.2 Å². The highest BCUT2D eigenvalue weighted by Crippen LogP contribution is 2.42. The lowest BCUT2D eigenvalue weighted by Gasteiger charge is -2.32. The molecule has 0 aromatic heterocycles. The molecule has 0 bridgehead atoms. The second kappa shape index (κ2) is 3.91. The van der Waals surface area contributed by atoms with E-state index in [9.17, 15) is 4.79 Å². The number of nitrogens with one attached hydrogen (secondary N) is 1. The summed E-state index contributed by atoms with van der Waals surface area (Å²) in [6, 6.07) is 6.25. The molecular formula is C12H13BrN2O2. The SMILES string of the molecule is O=C(O)C1CC1N1CCNc2ccc(Br)cc21. The zero-order valence-corrected chi connectivity index (χ0v) is 10.8. The lowest BCUT2D eigenvalue weighted by atomic mass is 10.2. The normalized spacial score (nSPS) is 26.1. The summed E-state index contributed by atoms with van der Waals surface area (Å²) in [6.45, 7) is 1.75. The fourth-order valence-corrected chi connectivity index (χ4v) is 2.81. The van der Waals surface area contributed by atoms with Crippen molar-refractivity contribution in [1.82, 2.24) is 0 Å². The van der Waals surface area contributed by atoms with Crippen LogP contribution in [0.3, 0.4) is 0 Å². The van der Waals surface area contributed by atoms with Crippen LogP contribution in [0.5, 0.6) is 0 Å². The minimum Gasteiger partial charge on any atom is -0.481 e. The lowest BCUT2D eigenvalue weighted by molar-refractivity contribution is -0.138. The highest BCUT2D eigenvalue weighted by Gasteiger charge is 2.48. The smallest absolute Gasteiger partial charge is 0.308 e. The molecule has 1 aliphatic carbocycles. The molecule has 2 unspecified atom stereocenters. The molecule has 0 saturated heterocycles. The molecule has 90 valence electrons. The summed E-state index contributed by atoms with van der Waals surface area (Å²) in [5, 5.41) is 12.3. The summed E-state index contributed by atoms with van der Waals surface area (Å²) in [5.74, 6) is -0.870. The number of benzene rings is 1. The van der Waals surface area contributed by atoms with E-state index in [4.69, 9.17) is 5.11 Å². The quantitative estimate of drug-likeness (QED) is 0.878. The van der Waals surface area contributed by atoms with Crippen molar-refractivity contribution in [3.8, 4) is 0 Å². The van der Waals surface area contributed by atoms with Crippen LogP contribution < -0.4 is 10.2 Å². The van der Waals surface area contributed by atoms with Gasteiger partial charge in [0.2, 0.25) is 0 Å². The van der Waals surface area contributed by atoms with Gasteiger partial charge in [-0.25, -0.2) is 0 Å². The molecule has 2 atom stereocenters. The average Bonchev–Trinajstić information content (AvgIpc) is 3.08. The first-order valence-corrected chi connectivity index (χ1v) is 6.49. The number of carboxylic acid groups (broad SMARTS) is 1. The zero-order chi connectivity index (χ0) is 12.0. The molecule has 3 rings (SSSR count). The van der Waals surface area contributed by atoms with E-state index in [1.807, 2.05) is 12.1 Å². The van der Waals surface area contributed by atoms with Gasteiger partial charge in [-0.1, -0.05) is 15.9 Å². The van der Waals surface area contributed by atoms with Crippen LogP contribution >= 0.6 is 15.9 Å². The van der Waals surface area contributed by atoms with Crippen LogP contribution in [0.15, 0.2) is 22.7 Å². The molecule has 1 saturated carbocycles. The van der Waals surface area contributed by atoms with Gasteiger partial charge >= 0.3 is 5.97 Å². The summed E-state index contributed by atoms with van der Waals surface area (Å²) < 4.78 is 1.03. The Morgan fingerprint density at radius 2 is 2.35 bits per heavy atom. The van der Waals surface area contributed by atoms with E-state index < -0.39 is 5.97 Å². The molecule has 2 aliphatic rings. The predicted molar refractivity (Wildman–Crippen MR) is 69.5 cm³/mol. The maximum atomic E-state index is 10.9. The Morgan fingerprint density at radius 1 is 1.53 bits per heavy atom. The van der Waals surface area contributed by atoms with Crippen molar-refractivity contribution in [2.45, 2.75) is 12.5 Å². The molecule has 0 radical (unpaired) electrons. The van der Waals surface area contributed by atoms with Gasteiger partial charge in [0.15, 0.2) is 0 Å². The summed E-state index contributed by atoms with van der Waals surface area (Å²) in [7, 11) is 0. The van der Waals surface area contributed by atoms with Crippen LogP contribution in [-0.4, -0.2) is 30.2 Å². The van der Waals surface area contributed by atoms with Crippen molar-refractivity contribution in [2.24, 2.45) is 5.92 Å². The Balaban J connectivity index is 1.90. The van der Waals surface area contributed by atoms with Crippen molar-refractivity contribution < 1.29 is 9.90 Å². The predicted octanol–water partition coefficient (Wildman–Crippen LogP) is 2.15. The van der Waals surface area contributed by atoms with Crippen molar-refractivity contribution >= 4 is 33.3 Å². The van der Waals surface area contributed by atoms with Gasteiger partial charge in [-0.3, -0.25) is 4.79 Å². The largest absolute Gasteiger partial charge is 0.481 e. The van der Waals surface area contributed by atoms with E-state index in [1.54, 1.807) is 0 Å². The average molecular weight is 297 g/mol.